The third-order valence-electron chi connectivity index (χ3n) is 6.64. The van der Waals surface area contributed by atoms with Gasteiger partial charge >= 0.3 is 5.97 Å². The van der Waals surface area contributed by atoms with Crippen LogP contribution in [0.25, 0.3) is 22.0 Å². The average Bonchev–Trinajstić information content (AvgIpc) is 3.28. The molecule has 7 heteroatoms. The van der Waals surface area contributed by atoms with E-state index in [0.29, 0.717) is 11.5 Å². The van der Waals surface area contributed by atoms with Crippen molar-refractivity contribution in [1.82, 2.24) is 15.1 Å². The van der Waals surface area contributed by atoms with E-state index in [1.165, 1.54) is 0 Å². The summed E-state index contributed by atoms with van der Waals surface area (Å²) in [6, 6.07) is 17.8. The van der Waals surface area contributed by atoms with Crippen LogP contribution in [0.5, 0.6) is 0 Å². The number of hydrogen-bond donors (Lipinski definition) is 2. The molecule has 0 aliphatic carbocycles. The Kier molecular flexibility index (Phi) is 7.98. The lowest BCUT2D eigenvalue weighted by Gasteiger charge is -2.22. The highest BCUT2D eigenvalue weighted by Crippen LogP contribution is 2.36. The minimum atomic E-state index is -0.942. The summed E-state index contributed by atoms with van der Waals surface area (Å²) in [5.74, 6) is -0.798. The molecule has 0 radical (unpaired) electrons. The van der Waals surface area contributed by atoms with Gasteiger partial charge < -0.3 is 10.4 Å². The lowest BCUT2D eigenvalue weighted by Crippen LogP contribution is -2.26. The zero-order valence-corrected chi connectivity index (χ0v) is 22.3. The van der Waals surface area contributed by atoms with Gasteiger partial charge in [-0.1, -0.05) is 55.8 Å². The first kappa shape index (κ1) is 26.4. The van der Waals surface area contributed by atoms with E-state index in [2.05, 4.69) is 55.0 Å². The molecule has 6 nitrogen and oxygen atoms in total. The molecular weight excluding hydrogens is 486 g/mol. The van der Waals surface area contributed by atoms with E-state index in [1.807, 2.05) is 31.3 Å². The van der Waals surface area contributed by atoms with Crippen LogP contribution in [0, 0.1) is 19.8 Å². The maximum absolute atomic E-state index is 12.4. The number of carboxylic acids is 1. The standard InChI is InChI=1S/C30H32ClN3O3/c1-18(2)15-28(21-6-8-22(9-7-21)30(37)32-14-13-29(35)36)34-27-12-11-23(20(4)25(27)17-33-34)24-10-5-19(3)16-26(24)31/h5-12,16-18,28H,13-15H2,1-4H3,(H,32,37)(H,35,36). The van der Waals surface area contributed by atoms with E-state index >= 15 is 0 Å². The third-order valence-corrected chi connectivity index (χ3v) is 6.95. The van der Waals surface area contributed by atoms with Crippen LogP contribution in [0.3, 0.4) is 0 Å². The van der Waals surface area contributed by atoms with Crippen molar-refractivity contribution in [3.05, 3.63) is 88.1 Å². The first-order valence-corrected chi connectivity index (χ1v) is 12.9. The number of carboxylic acid groups (broad SMARTS) is 1. The summed E-state index contributed by atoms with van der Waals surface area (Å²) < 4.78 is 2.07. The Morgan fingerprint density at radius 1 is 1.03 bits per heavy atom. The first-order chi connectivity index (χ1) is 17.7. The second-order valence-electron chi connectivity index (χ2n) is 9.91. The Morgan fingerprint density at radius 2 is 1.73 bits per heavy atom. The molecule has 4 rings (SSSR count). The van der Waals surface area contributed by atoms with Gasteiger partial charge in [0.15, 0.2) is 0 Å². The Hall–Kier alpha value is -3.64. The van der Waals surface area contributed by atoms with Gasteiger partial charge in [-0.05, 0) is 72.7 Å². The van der Waals surface area contributed by atoms with Crippen molar-refractivity contribution in [1.29, 1.82) is 0 Å². The summed E-state index contributed by atoms with van der Waals surface area (Å²) in [7, 11) is 0. The van der Waals surface area contributed by atoms with Crippen LogP contribution in [0.4, 0.5) is 0 Å². The van der Waals surface area contributed by atoms with E-state index in [-0.39, 0.29) is 24.9 Å². The fourth-order valence-corrected chi connectivity index (χ4v) is 5.04. The van der Waals surface area contributed by atoms with Gasteiger partial charge in [0, 0.05) is 28.1 Å². The van der Waals surface area contributed by atoms with Gasteiger partial charge in [-0.15, -0.1) is 0 Å². The van der Waals surface area contributed by atoms with Crippen LogP contribution in [0.1, 0.15) is 59.8 Å². The Bertz CT molecular complexity index is 1440. The molecule has 0 aliphatic rings. The lowest BCUT2D eigenvalue weighted by molar-refractivity contribution is -0.136. The van der Waals surface area contributed by atoms with Crippen LogP contribution >= 0.6 is 11.6 Å². The maximum Gasteiger partial charge on any atom is 0.305 e. The highest BCUT2D eigenvalue weighted by molar-refractivity contribution is 6.33. The Labute approximate surface area is 222 Å². The zero-order chi connectivity index (χ0) is 26.7. The fraction of sp³-hybridized carbons (Fsp3) is 0.300. The van der Waals surface area contributed by atoms with Crippen molar-refractivity contribution < 1.29 is 14.7 Å². The van der Waals surface area contributed by atoms with Crippen LogP contribution in [-0.4, -0.2) is 33.3 Å². The smallest absolute Gasteiger partial charge is 0.305 e. The van der Waals surface area contributed by atoms with Gasteiger partial charge in [0.05, 0.1) is 24.2 Å². The molecule has 0 aliphatic heterocycles. The Morgan fingerprint density at radius 3 is 2.38 bits per heavy atom. The molecule has 0 fully saturated rings. The molecule has 0 saturated heterocycles. The molecule has 2 N–H and O–H groups in total. The molecule has 1 unspecified atom stereocenters. The predicted octanol–water partition coefficient (Wildman–Crippen LogP) is 6.81. The highest BCUT2D eigenvalue weighted by atomic mass is 35.5. The van der Waals surface area contributed by atoms with Gasteiger partial charge in [0.25, 0.3) is 5.91 Å². The van der Waals surface area contributed by atoms with Crippen molar-refractivity contribution in [2.75, 3.05) is 6.54 Å². The molecule has 1 atom stereocenters. The van der Waals surface area contributed by atoms with Crippen LogP contribution in [0.2, 0.25) is 5.02 Å². The van der Waals surface area contributed by atoms with Crippen LogP contribution in [0.15, 0.2) is 60.8 Å². The SMILES string of the molecule is Cc1ccc(-c2ccc3c(cnn3C(CC(C)C)c3ccc(C(=O)NCCC(=O)O)cc3)c2C)c(Cl)c1. The van der Waals surface area contributed by atoms with Gasteiger partial charge in [-0.3, -0.25) is 14.3 Å². The van der Waals surface area contributed by atoms with E-state index < -0.39 is 5.97 Å². The molecule has 3 aromatic carbocycles. The molecule has 0 spiro atoms. The fourth-order valence-electron chi connectivity index (χ4n) is 4.70. The summed E-state index contributed by atoms with van der Waals surface area (Å²) >= 11 is 6.58. The molecule has 0 bridgehead atoms. The number of amides is 1. The second kappa shape index (κ2) is 11.2. The normalized spacial score (nSPS) is 12.2. The summed E-state index contributed by atoms with van der Waals surface area (Å²) in [4.78, 5) is 23.1. The summed E-state index contributed by atoms with van der Waals surface area (Å²) in [6.07, 6.45) is 2.70. The van der Waals surface area contributed by atoms with Gasteiger partial charge in [0.1, 0.15) is 0 Å². The number of hydrogen-bond acceptors (Lipinski definition) is 3. The maximum atomic E-state index is 12.4. The number of nitrogens with one attached hydrogen (secondary N) is 1. The number of fused-ring (bicyclic) bond motifs is 1. The van der Waals surface area contributed by atoms with Crippen molar-refractivity contribution in [3.63, 3.8) is 0 Å². The van der Waals surface area contributed by atoms with Gasteiger partial charge in [-0.2, -0.15) is 5.10 Å². The minimum absolute atomic E-state index is 0.00478. The molecule has 0 saturated carbocycles. The highest BCUT2D eigenvalue weighted by Gasteiger charge is 2.21. The lowest BCUT2D eigenvalue weighted by atomic mass is 9.95. The largest absolute Gasteiger partial charge is 0.481 e. The van der Waals surface area contributed by atoms with Crippen molar-refractivity contribution in [3.8, 4) is 11.1 Å². The number of carbonyl (C=O) groups is 2. The van der Waals surface area contributed by atoms with Gasteiger partial charge in [-0.25, -0.2) is 0 Å². The Balaban J connectivity index is 1.67. The predicted molar refractivity (Wildman–Crippen MR) is 148 cm³/mol. The minimum Gasteiger partial charge on any atom is -0.481 e. The average molecular weight is 518 g/mol. The van der Waals surface area contributed by atoms with E-state index in [9.17, 15) is 9.59 Å². The molecule has 1 amide bonds. The zero-order valence-electron chi connectivity index (χ0n) is 21.6. The molecule has 37 heavy (non-hydrogen) atoms. The number of carbonyl (C=O) groups excluding carboxylic acids is 1. The number of rotatable bonds is 9. The third kappa shape index (κ3) is 5.86. The van der Waals surface area contributed by atoms with Crippen LogP contribution < -0.4 is 5.32 Å². The summed E-state index contributed by atoms with van der Waals surface area (Å²) in [5.41, 5.74) is 6.96. The van der Waals surface area contributed by atoms with E-state index in [0.717, 1.165) is 50.2 Å². The molecule has 4 aromatic rings. The quantitative estimate of drug-likeness (QED) is 0.255. The number of aliphatic carboxylic acids is 1. The second-order valence-corrected chi connectivity index (χ2v) is 10.3. The topological polar surface area (TPSA) is 84.2 Å². The van der Waals surface area contributed by atoms with E-state index in [1.54, 1.807) is 12.1 Å². The first-order valence-electron chi connectivity index (χ1n) is 12.5. The number of halogens is 1. The van der Waals surface area contributed by atoms with Crippen molar-refractivity contribution in [2.45, 2.75) is 46.6 Å². The summed E-state index contributed by atoms with van der Waals surface area (Å²) in [5, 5.41) is 18.1. The van der Waals surface area contributed by atoms with Crippen molar-refractivity contribution >= 4 is 34.4 Å². The monoisotopic (exact) mass is 517 g/mol. The number of nitrogens with zero attached hydrogens (tertiary/aromatic N) is 2. The van der Waals surface area contributed by atoms with Gasteiger partial charge in [0.2, 0.25) is 0 Å². The van der Waals surface area contributed by atoms with E-state index in [4.69, 9.17) is 21.8 Å². The molecule has 1 aromatic heterocycles. The molecular formula is C30H32ClN3O3. The molecule has 1 heterocycles. The number of benzene rings is 3. The number of aromatic nitrogens is 2. The number of aryl methyl sites for hydroxylation is 2. The van der Waals surface area contributed by atoms with Crippen molar-refractivity contribution in [2.24, 2.45) is 5.92 Å². The summed E-state index contributed by atoms with van der Waals surface area (Å²) in [6.45, 7) is 8.61. The molecule has 192 valence electrons. The van der Waals surface area contributed by atoms with Crippen LogP contribution in [-0.2, 0) is 4.79 Å².